The van der Waals surface area contributed by atoms with Crippen molar-refractivity contribution < 1.29 is 9.53 Å². The zero-order valence-corrected chi connectivity index (χ0v) is 12.4. The molecule has 1 atom stereocenters. The van der Waals surface area contributed by atoms with E-state index in [-0.39, 0.29) is 5.97 Å². The van der Waals surface area contributed by atoms with Crippen molar-refractivity contribution >= 4 is 5.97 Å². The molecule has 1 unspecified atom stereocenters. The SMILES string of the molecule is COC(=O)c1ccccc1CNC(C)CN1CCCC1. The largest absolute Gasteiger partial charge is 0.465 e. The molecule has 1 aliphatic rings. The Morgan fingerprint density at radius 3 is 2.75 bits per heavy atom. The van der Waals surface area contributed by atoms with Crippen LogP contribution in [0.4, 0.5) is 0 Å². The van der Waals surface area contributed by atoms with Gasteiger partial charge in [0.1, 0.15) is 0 Å². The lowest BCUT2D eigenvalue weighted by atomic mass is 10.1. The van der Waals surface area contributed by atoms with Gasteiger partial charge in [0.05, 0.1) is 12.7 Å². The number of methoxy groups -OCH3 is 1. The molecule has 4 heteroatoms. The standard InChI is InChI=1S/C16H24N2O2/c1-13(12-18-9-5-6-10-18)17-11-14-7-3-4-8-15(14)16(19)20-2/h3-4,7-8,13,17H,5-6,9-12H2,1-2H3. The number of ether oxygens (including phenoxy) is 1. The summed E-state index contributed by atoms with van der Waals surface area (Å²) in [6.45, 7) is 6.38. The molecule has 4 nitrogen and oxygen atoms in total. The smallest absolute Gasteiger partial charge is 0.338 e. The molecule has 1 heterocycles. The summed E-state index contributed by atoms with van der Waals surface area (Å²) in [5.41, 5.74) is 1.64. The predicted molar refractivity (Wildman–Crippen MR) is 79.8 cm³/mol. The summed E-state index contributed by atoms with van der Waals surface area (Å²) in [6, 6.07) is 8.02. The Labute approximate surface area is 121 Å². The first-order chi connectivity index (χ1) is 9.70. The predicted octanol–water partition coefficient (Wildman–Crippen LogP) is 2.05. The second-order valence-corrected chi connectivity index (χ2v) is 5.44. The lowest BCUT2D eigenvalue weighted by Crippen LogP contribution is -2.37. The average Bonchev–Trinajstić information content (AvgIpc) is 2.97. The van der Waals surface area contributed by atoms with E-state index in [1.165, 1.54) is 33.0 Å². The van der Waals surface area contributed by atoms with E-state index in [1.54, 1.807) is 0 Å². The Morgan fingerprint density at radius 1 is 1.35 bits per heavy atom. The van der Waals surface area contributed by atoms with Crippen molar-refractivity contribution in [2.24, 2.45) is 0 Å². The molecule has 0 bridgehead atoms. The molecular weight excluding hydrogens is 252 g/mol. The third-order valence-electron chi connectivity index (χ3n) is 3.79. The van der Waals surface area contributed by atoms with Gasteiger partial charge in [-0.05, 0) is 44.5 Å². The normalized spacial score (nSPS) is 17.1. The zero-order valence-electron chi connectivity index (χ0n) is 12.4. The molecule has 0 aromatic heterocycles. The maximum atomic E-state index is 11.7. The van der Waals surface area contributed by atoms with Gasteiger partial charge in [0.25, 0.3) is 0 Å². The maximum absolute atomic E-state index is 11.7. The number of hydrogen-bond acceptors (Lipinski definition) is 4. The van der Waals surface area contributed by atoms with Crippen LogP contribution in [0.25, 0.3) is 0 Å². The van der Waals surface area contributed by atoms with Crippen LogP contribution in [0.15, 0.2) is 24.3 Å². The number of nitrogens with zero attached hydrogens (tertiary/aromatic N) is 1. The van der Waals surface area contributed by atoms with E-state index in [4.69, 9.17) is 4.74 Å². The fourth-order valence-electron chi connectivity index (χ4n) is 2.68. The molecule has 2 rings (SSSR count). The summed E-state index contributed by atoms with van der Waals surface area (Å²) in [6.07, 6.45) is 2.63. The van der Waals surface area contributed by atoms with Gasteiger partial charge >= 0.3 is 5.97 Å². The van der Waals surface area contributed by atoms with Crippen molar-refractivity contribution in [3.8, 4) is 0 Å². The van der Waals surface area contributed by atoms with Crippen LogP contribution in [0, 0.1) is 0 Å². The molecule has 0 radical (unpaired) electrons. The van der Waals surface area contributed by atoms with E-state index in [2.05, 4.69) is 17.1 Å². The lowest BCUT2D eigenvalue weighted by Gasteiger charge is -2.21. The minimum absolute atomic E-state index is 0.269. The number of esters is 1. The average molecular weight is 276 g/mol. The topological polar surface area (TPSA) is 41.6 Å². The monoisotopic (exact) mass is 276 g/mol. The first-order valence-electron chi connectivity index (χ1n) is 7.32. The molecule has 1 aromatic rings. The number of benzene rings is 1. The lowest BCUT2D eigenvalue weighted by molar-refractivity contribution is 0.0599. The molecule has 1 saturated heterocycles. The first-order valence-corrected chi connectivity index (χ1v) is 7.32. The van der Waals surface area contributed by atoms with Gasteiger partial charge in [0.2, 0.25) is 0 Å². The number of carbonyl (C=O) groups excluding carboxylic acids is 1. The summed E-state index contributed by atoms with van der Waals surface area (Å²) in [5.74, 6) is -0.269. The van der Waals surface area contributed by atoms with Crippen LogP contribution < -0.4 is 5.32 Å². The van der Waals surface area contributed by atoms with Crippen molar-refractivity contribution in [2.45, 2.75) is 32.4 Å². The number of carbonyl (C=O) groups is 1. The van der Waals surface area contributed by atoms with E-state index >= 15 is 0 Å². The third-order valence-corrected chi connectivity index (χ3v) is 3.79. The summed E-state index contributed by atoms with van der Waals surface area (Å²) in [7, 11) is 1.42. The van der Waals surface area contributed by atoms with E-state index in [0.29, 0.717) is 18.2 Å². The molecule has 0 spiro atoms. The Balaban J connectivity index is 1.88. The van der Waals surface area contributed by atoms with Crippen LogP contribution in [0.2, 0.25) is 0 Å². The Kier molecular flexibility index (Phi) is 5.56. The highest BCUT2D eigenvalue weighted by Crippen LogP contribution is 2.11. The minimum atomic E-state index is -0.269. The van der Waals surface area contributed by atoms with Gasteiger partial charge in [-0.3, -0.25) is 0 Å². The summed E-state index contributed by atoms with van der Waals surface area (Å²) >= 11 is 0. The van der Waals surface area contributed by atoms with E-state index < -0.39 is 0 Å². The van der Waals surface area contributed by atoms with Crippen LogP contribution in [-0.4, -0.2) is 43.7 Å². The molecule has 0 saturated carbocycles. The summed E-state index contributed by atoms with van der Waals surface area (Å²) in [4.78, 5) is 14.2. The fraction of sp³-hybridized carbons (Fsp3) is 0.562. The molecule has 0 aliphatic carbocycles. The summed E-state index contributed by atoms with van der Waals surface area (Å²) < 4.78 is 4.82. The molecule has 1 aromatic carbocycles. The van der Waals surface area contributed by atoms with Crippen LogP contribution in [0.3, 0.4) is 0 Å². The van der Waals surface area contributed by atoms with Crippen molar-refractivity contribution in [2.75, 3.05) is 26.7 Å². The molecule has 20 heavy (non-hydrogen) atoms. The highest BCUT2D eigenvalue weighted by Gasteiger charge is 2.15. The van der Waals surface area contributed by atoms with Crippen LogP contribution in [0.1, 0.15) is 35.7 Å². The van der Waals surface area contributed by atoms with Gasteiger partial charge in [0.15, 0.2) is 0 Å². The van der Waals surface area contributed by atoms with Crippen molar-refractivity contribution in [1.29, 1.82) is 0 Å². The number of nitrogens with one attached hydrogen (secondary N) is 1. The van der Waals surface area contributed by atoms with Gasteiger partial charge in [0, 0.05) is 19.1 Å². The molecule has 1 aliphatic heterocycles. The van der Waals surface area contributed by atoms with Crippen molar-refractivity contribution in [3.05, 3.63) is 35.4 Å². The quantitative estimate of drug-likeness (QED) is 0.807. The molecule has 110 valence electrons. The second kappa shape index (κ2) is 7.41. The third kappa shape index (κ3) is 4.05. The molecular formula is C16H24N2O2. The number of hydrogen-bond donors (Lipinski definition) is 1. The van der Waals surface area contributed by atoms with Crippen molar-refractivity contribution in [3.63, 3.8) is 0 Å². The molecule has 1 fully saturated rings. The Bertz CT molecular complexity index is 442. The van der Waals surface area contributed by atoms with Gasteiger partial charge in [-0.1, -0.05) is 18.2 Å². The fourth-order valence-corrected chi connectivity index (χ4v) is 2.68. The Hall–Kier alpha value is -1.39. The van der Waals surface area contributed by atoms with E-state index in [1.807, 2.05) is 24.3 Å². The Morgan fingerprint density at radius 2 is 2.05 bits per heavy atom. The van der Waals surface area contributed by atoms with Gasteiger partial charge in [-0.25, -0.2) is 4.79 Å². The zero-order chi connectivity index (χ0) is 14.4. The van der Waals surface area contributed by atoms with E-state index in [9.17, 15) is 4.79 Å². The van der Waals surface area contributed by atoms with Crippen LogP contribution >= 0.6 is 0 Å². The minimum Gasteiger partial charge on any atom is -0.465 e. The maximum Gasteiger partial charge on any atom is 0.338 e. The summed E-state index contributed by atoms with van der Waals surface area (Å²) in [5, 5.41) is 3.50. The van der Waals surface area contributed by atoms with Crippen molar-refractivity contribution in [1.82, 2.24) is 10.2 Å². The van der Waals surface area contributed by atoms with Gasteiger partial charge in [-0.15, -0.1) is 0 Å². The number of rotatable bonds is 6. The molecule has 1 N–H and O–H groups in total. The van der Waals surface area contributed by atoms with Gasteiger partial charge < -0.3 is 15.0 Å². The highest BCUT2D eigenvalue weighted by atomic mass is 16.5. The van der Waals surface area contributed by atoms with Crippen LogP contribution in [-0.2, 0) is 11.3 Å². The second-order valence-electron chi connectivity index (χ2n) is 5.44. The molecule has 0 amide bonds. The number of likely N-dealkylation sites (tertiary alicyclic amines) is 1. The van der Waals surface area contributed by atoms with Gasteiger partial charge in [-0.2, -0.15) is 0 Å². The van der Waals surface area contributed by atoms with Crippen LogP contribution in [0.5, 0.6) is 0 Å². The first kappa shape index (κ1) is 15.0. The van der Waals surface area contributed by atoms with E-state index in [0.717, 1.165) is 12.1 Å². The highest BCUT2D eigenvalue weighted by molar-refractivity contribution is 5.90.